The van der Waals surface area contributed by atoms with Crippen LogP contribution in [0, 0.1) is 11.3 Å². The first-order valence-electron chi connectivity index (χ1n) is 6.75. The molecule has 0 unspecified atom stereocenters. The minimum Gasteiger partial charge on any atom is -0.396 e. The molecule has 0 fully saturated rings. The van der Waals surface area contributed by atoms with E-state index >= 15 is 0 Å². The number of hydrogen-bond donors (Lipinski definition) is 2. The molecule has 20 heavy (non-hydrogen) atoms. The molecular weight excluding hydrogens is 248 g/mol. The first kappa shape index (κ1) is 14.1. The SMILES string of the molecule is N#Cc1ccccc1CNc1cccc(CCCO)c1. The van der Waals surface area contributed by atoms with E-state index in [1.807, 2.05) is 36.4 Å². The van der Waals surface area contributed by atoms with Crippen LogP contribution in [0.5, 0.6) is 0 Å². The number of nitrogens with one attached hydrogen (secondary N) is 1. The van der Waals surface area contributed by atoms with Gasteiger partial charge >= 0.3 is 0 Å². The third-order valence-electron chi connectivity index (χ3n) is 3.17. The highest BCUT2D eigenvalue weighted by atomic mass is 16.2. The standard InChI is InChI=1S/C17H18N2O/c18-12-15-7-1-2-8-16(15)13-19-17-9-3-5-14(11-17)6-4-10-20/h1-3,5,7-9,11,19-20H,4,6,10,13H2. The minimum absolute atomic E-state index is 0.215. The van der Waals surface area contributed by atoms with Gasteiger partial charge in [-0.05, 0) is 42.2 Å². The second kappa shape index (κ2) is 7.32. The number of aliphatic hydroxyl groups is 1. The van der Waals surface area contributed by atoms with Gasteiger partial charge in [-0.1, -0.05) is 30.3 Å². The van der Waals surface area contributed by atoms with Crippen molar-refractivity contribution in [3.8, 4) is 6.07 Å². The second-order valence-electron chi connectivity index (χ2n) is 4.65. The molecule has 0 aliphatic rings. The van der Waals surface area contributed by atoms with E-state index in [0.717, 1.165) is 24.1 Å². The predicted molar refractivity (Wildman–Crippen MR) is 80.3 cm³/mol. The maximum Gasteiger partial charge on any atom is 0.0995 e. The molecule has 0 spiro atoms. The van der Waals surface area contributed by atoms with Crippen LogP contribution in [0.4, 0.5) is 5.69 Å². The quantitative estimate of drug-likeness (QED) is 0.844. The summed E-state index contributed by atoms with van der Waals surface area (Å²) < 4.78 is 0. The first-order valence-corrected chi connectivity index (χ1v) is 6.75. The zero-order chi connectivity index (χ0) is 14.2. The number of rotatable bonds is 6. The number of hydrogen-bond acceptors (Lipinski definition) is 3. The van der Waals surface area contributed by atoms with Gasteiger partial charge < -0.3 is 10.4 Å². The van der Waals surface area contributed by atoms with E-state index in [0.29, 0.717) is 12.1 Å². The molecule has 0 radical (unpaired) electrons. The molecule has 2 aromatic rings. The molecule has 3 nitrogen and oxygen atoms in total. The summed E-state index contributed by atoms with van der Waals surface area (Å²) in [6.45, 7) is 0.848. The Morgan fingerprint density at radius 1 is 1.10 bits per heavy atom. The molecule has 0 atom stereocenters. The van der Waals surface area contributed by atoms with Gasteiger partial charge in [0.1, 0.15) is 0 Å². The van der Waals surface area contributed by atoms with E-state index in [2.05, 4.69) is 23.5 Å². The smallest absolute Gasteiger partial charge is 0.0995 e. The Bertz CT molecular complexity index is 602. The Kier molecular flexibility index (Phi) is 5.16. The number of nitriles is 1. The molecule has 0 bridgehead atoms. The van der Waals surface area contributed by atoms with Crippen LogP contribution in [0.3, 0.4) is 0 Å². The third kappa shape index (κ3) is 3.84. The molecule has 0 aliphatic carbocycles. The monoisotopic (exact) mass is 266 g/mol. The molecule has 0 amide bonds. The summed E-state index contributed by atoms with van der Waals surface area (Å²) in [4.78, 5) is 0. The normalized spacial score (nSPS) is 10.0. The van der Waals surface area contributed by atoms with Crippen molar-refractivity contribution < 1.29 is 5.11 Å². The van der Waals surface area contributed by atoms with Crippen LogP contribution >= 0.6 is 0 Å². The highest BCUT2D eigenvalue weighted by Gasteiger charge is 2.01. The molecule has 3 heteroatoms. The van der Waals surface area contributed by atoms with Gasteiger partial charge in [0.05, 0.1) is 11.6 Å². The highest BCUT2D eigenvalue weighted by Crippen LogP contribution is 2.15. The summed E-state index contributed by atoms with van der Waals surface area (Å²) in [6, 6.07) is 18.0. The summed E-state index contributed by atoms with van der Waals surface area (Å²) in [5.74, 6) is 0. The van der Waals surface area contributed by atoms with Crippen LogP contribution in [0.15, 0.2) is 48.5 Å². The van der Waals surface area contributed by atoms with E-state index in [4.69, 9.17) is 10.4 Å². The molecule has 2 aromatic carbocycles. The van der Waals surface area contributed by atoms with E-state index in [9.17, 15) is 0 Å². The van der Waals surface area contributed by atoms with Crippen LogP contribution in [-0.4, -0.2) is 11.7 Å². The second-order valence-corrected chi connectivity index (χ2v) is 4.65. The van der Waals surface area contributed by atoms with Crippen LogP contribution in [0.25, 0.3) is 0 Å². The molecule has 0 saturated heterocycles. The maximum absolute atomic E-state index is 9.06. The molecule has 0 heterocycles. The Labute approximate surface area is 119 Å². The van der Waals surface area contributed by atoms with Gasteiger partial charge in [0.2, 0.25) is 0 Å². The number of aliphatic hydroxyl groups excluding tert-OH is 1. The van der Waals surface area contributed by atoms with E-state index in [1.54, 1.807) is 0 Å². The molecule has 0 aromatic heterocycles. The Morgan fingerprint density at radius 3 is 2.75 bits per heavy atom. The molecule has 0 saturated carbocycles. The summed E-state index contributed by atoms with van der Waals surface area (Å²) >= 11 is 0. The van der Waals surface area contributed by atoms with Crippen molar-refractivity contribution in [1.29, 1.82) is 5.26 Å². The van der Waals surface area contributed by atoms with Gasteiger partial charge in [0.25, 0.3) is 0 Å². The lowest BCUT2D eigenvalue weighted by molar-refractivity contribution is 0.288. The summed E-state index contributed by atoms with van der Waals surface area (Å²) in [6.07, 6.45) is 1.65. The fourth-order valence-corrected chi connectivity index (χ4v) is 2.10. The Morgan fingerprint density at radius 2 is 1.95 bits per heavy atom. The van der Waals surface area contributed by atoms with Crippen molar-refractivity contribution in [3.63, 3.8) is 0 Å². The molecule has 2 rings (SSSR count). The van der Waals surface area contributed by atoms with Gasteiger partial charge in [-0.3, -0.25) is 0 Å². The van der Waals surface area contributed by atoms with E-state index < -0.39 is 0 Å². The van der Waals surface area contributed by atoms with Gasteiger partial charge in [-0.15, -0.1) is 0 Å². The fourth-order valence-electron chi connectivity index (χ4n) is 2.10. The van der Waals surface area contributed by atoms with Gasteiger partial charge in [-0.25, -0.2) is 0 Å². The van der Waals surface area contributed by atoms with Crippen molar-refractivity contribution in [1.82, 2.24) is 0 Å². The van der Waals surface area contributed by atoms with Crippen LogP contribution < -0.4 is 5.32 Å². The Hall–Kier alpha value is -2.31. The number of aryl methyl sites for hydroxylation is 1. The average Bonchev–Trinajstić information content (AvgIpc) is 2.51. The van der Waals surface area contributed by atoms with Crippen molar-refractivity contribution in [3.05, 3.63) is 65.2 Å². The molecular formula is C17H18N2O. The van der Waals surface area contributed by atoms with Gasteiger partial charge in [-0.2, -0.15) is 5.26 Å². The van der Waals surface area contributed by atoms with Gasteiger partial charge in [0.15, 0.2) is 0 Å². The van der Waals surface area contributed by atoms with Crippen molar-refractivity contribution in [2.24, 2.45) is 0 Å². The van der Waals surface area contributed by atoms with Crippen molar-refractivity contribution in [2.45, 2.75) is 19.4 Å². The summed E-state index contributed by atoms with van der Waals surface area (Å²) in [5, 5.41) is 21.3. The Balaban J connectivity index is 2.02. The molecule has 0 aliphatic heterocycles. The number of anilines is 1. The highest BCUT2D eigenvalue weighted by molar-refractivity contribution is 5.48. The van der Waals surface area contributed by atoms with Crippen LogP contribution in [-0.2, 0) is 13.0 Å². The largest absolute Gasteiger partial charge is 0.396 e. The van der Waals surface area contributed by atoms with Gasteiger partial charge in [0, 0.05) is 18.8 Å². The zero-order valence-electron chi connectivity index (χ0n) is 11.3. The van der Waals surface area contributed by atoms with Crippen LogP contribution in [0.2, 0.25) is 0 Å². The first-order chi connectivity index (χ1) is 9.83. The van der Waals surface area contributed by atoms with Crippen molar-refractivity contribution >= 4 is 5.69 Å². The number of nitrogens with zero attached hydrogens (tertiary/aromatic N) is 1. The van der Waals surface area contributed by atoms with E-state index in [-0.39, 0.29) is 6.61 Å². The lowest BCUT2D eigenvalue weighted by atomic mass is 10.1. The lowest BCUT2D eigenvalue weighted by Gasteiger charge is -2.09. The maximum atomic E-state index is 9.06. The summed E-state index contributed by atoms with van der Waals surface area (Å²) in [5.41, 5.74) is 3.94. The predicted octanol–water partition coefficient (Wildman–Crippen LogP) is 3.10. The third-order valence-corrected chi connectivity index (χ3v) is 3.17. The molecule has 2 N–H and O–H groups in total. The van der Waals surface area contributed by atoms with E-state index in [1.165, 1.54) is 5.56 Å². The minimum atomic E-state index is 0.215. The summed E-state index contributed by atoms with van der Waals surface area (Å²) in [7, 11) is 0. The topological polar surface area (TPSA) is 56.0 Å². The molecule has 102 valence electrons. The fraction of sp³-hybridized carbons (Fsp3) is 0.235. The lowest BCUT2D eigenvalue weighted by Crippen LogP contribution is -2.02. The average molecular weight is 266 g/mol. The van der Waals surface area contributed by atoms with Crippen molar-refractivity contribution in [2.75, 3.05) is 11.9 Å². The zero-order valence-corrected chi connectivity index (χ0v) is 11.3. The van der Waals surface area contributed by atoms with Crippen LogP contribution in [0.1, 0.15) is 23.1 Å². The number of benzene rings is 2.